The number of benzene rings is 2. The van der Waals surface area contributed by atoms with Gasteiger partial charge in [0.2, 0.25) is 5.91 Å². The van der Waals surface area contributed by atoms with Crippen molar-refractivity contribution in [2.75, 3.05) is 37.7 Å². The van der Waals surface area contributed by atoms with E-state index in [1.165, 1.54) is 11.3 Å². The molecule has 1 heterocycles. The molecule has 3 rings (SSSR count). The molecule has 1 saturated heterocycles. The van der Waals surface area contributed by atoms with Gasteiger partial charge in [0.05, 0.1) is 13.0 Å². The number of rotatable bonds is 5. The van der Waals surface area contributed by atoms with Crippen LogP contribution >= 0.6 is 0 Å². The Kier molecular flexibility index (Phi) is 5.59. The summed E-state index contributed by atoms with van der Waals surface area (Å²) in [7, 11) is 0. The summed E-state index contributed by atoms with van der Waals surface area (Å²) in [6.07, 6.45) is 0.429. The molecule has 0 aromatic heterocycles. The summed E-state index contributed by atoms with van der Waals surface area (Å²) in [5.41, 5.74) is 3.56. The summed E-state index contributed by atoms with van der Waals surface area (Å²) in [4.78, 5) is 16.7. The predicted molar refractivity (Wildman–Crippen MR) is 101 cm³/mol. The molecular formula is C21H26N2O2. The van der Waals surface area contributed by atoms with E-state index < -0.39 is 0 Å². The highest BCUT2D eigenvalue weighted by atomic mass is 16.5. The number of nitrogens with zero attached hydrogens (tertiary/aromatic N) is 2. The first-order chi connectivity index (χ1) is 12.1. The quantitative estimate of drug-likeness (QED) is 0.837. The summed E-state index contributed by atoms with van der Waals surface area (Å²) in [5.74, 6) is 1.05. The van der Waals surface area contributed by atoms with Crippen LogP contribution in [0.25, 0.3) is 0 Å². The minimum Gasteiger partial charge on any atom is -0.493 e. The SMILES string of the molecule is Cc1ccc(OCCC(=O)N2CCN(c3ccccc3)CC2)c(C)c1. The zero-order valence-electron chi connectivity index (χ0n) is 15.1. The van der Waals surface area contributed by atoms with Crippen molar-refractivity contribution in [1.29, 1.82) is 0 Å². The van der Waals surface area contributed by atoms with Crippen LogP contribution in [0, 0.1) is 13.8 Å². The lowest BCUT2D eigenvalue weighted by Crippen LogP contribution is -2.49. The molecule has 0 unspecified atom stereocenters. The van der Waals surface area contributed by atoms with E-state index in [4.69, 9.17) is 4.74 Å². The van der Waals surface area contributed by atoms with Gasteiger partial charge in [0.15, 0.2) is 0 Å². The minimum absolute atomic E-state index is 0.178. The van der Waals surface area contributed by atoms with Crippen molar-refractivity contribution in [2.24, 2.45) is 0 Å². The maximum Gasteiger partial charge on any atom is 0.226 e. The Morgan fingerprint density at radius 3 is 2.40 bits per heavy atom. The third-order valence-electron chi connectivity index (χ3n) is 4.66. The van der Waals surface area contributed by atoms with E-state index >= 15 is 0 Å². The minimum atomic E-state index is 0.178. The van der Waals surface area contributed by atoms with Crippen molar-refractivity contribution in [1.82, 2.24) is 4.90 Å². The van der Waals surface area contributed by atoms with Crippen molar-refractivity contribution >= 4 is 11.6 Å². The number of amides is 1. The number of hydrogen-bond donors (Lipinski definition) is 0. The zero-order chi connectivity index (χ0) is 17.6. The van der Waals surface area contributed by atoms with Crippen LogP contribution in [0.2, 0.25) is 0 Å². The molecule has 4 heteroatoms. The van der Waals surface area contributed by atoms with Gasteiger partial charge in [0.1, 0.15) is 5.75 Å². The van der Waals surface area contributed by atoms with Crippen LogP contribution in [0.3, 0.4) is 0 Å². The van der Waals surface area contributed by atoms with Gasteiger partial charge in [-0.05, 0) is 37.6 Å². The predicted octanol–water partition coefficient (Wildman–Crippen LogP) is 3.42. The number of hydrogen-bond acceptors (Lipinski definition) is 3. The highest BCUT2D eigenvalue weighted by Crippen LogP contribution is 2.19. The van der Waals surface area contributed by atoms with Crippen molar-refractivity contribution in [3.63, 3.8) is 0 Å². The molecule has 1 fully saturated rings. The summed E-state index contributed by atoms with van der Waals surface area (Å²) >= 11 is 0. The molecule has 0 N–H and O–H groups in total. The van der Waals surface area contributed by atoms with Gasteiger partial charge in [-0.25, -0.2) is 0 Å². The fourth-order valence-corrected chi connectivity index (χ4v) is 3.22. The standard InChI is InChI=1S/C21H26N2O2/c1-17-8-9-20(18(2)16-17)25-15-10-21(24)23-13-11-22(12-14-23)19-6-4-3-5-7-19/h3-9,16H,10-15H2,1-2H3. The van der Waals surface area contributed by atoms with Gasteiger partial charge in [-0.15, -0.1) is 0 Å². The van der Waals surface area contributed by atoms with Gasteiger partial charge >= 0.3 is 0 Å². The second-order valence-corrected chi connectivity index (χ2v) is 6.57. The largest absolute Gasteiger partial charge is 0.493 e. The van der Waals surface area contributed by atoms with E-state index in [9.17, 15) is 4.79 Å². The van der Waals surface area contributed by atoms with Gasteiger partial charge in [-0.3, -0.25) is 4.79 Å². The van der Waals surface area contributed by atoms with E-state index in [2.05, 4.69) is 42.2 Å². The molecule has 0 atom stereocenters. The lowest BCUT2D eigenvalue weighted by Gasteiger charge is -2.36. The third-order valence-corrected chi connectivity index (χ3v) is 4.66. The molecular weight excluding hydrogens is 312 g/mol. The van der Waals surface area contributed by atoms with E-state index in [0.29, 0.717) is 13.0 Å². The van der Waals surface area contributed by atoms with Gasteiger partial charge < -0.3 is 14.5 Å². The molecule has 2 aromatic rings. The highest BCUT2D eigenvalue weighted by molar-refractivity contribution is 5.76. The molecule has 0 radical (unpaired) electrons. The second kappa shape index (κ2) is 8.06. The molecule has 2 aromatic carbocycles. The van der Waals surface area contributed by atoms with Crippen molar-refractivity contribution in [3.05, 3.63) is 59.7 Å². The van der Waals surface area contributed by atoms with Gasteiger partial charge in [0, 0.05) is 31.9 Å². The first kappa shape index (κ1) is 17.3. The number of para-hydroxylation sites is 1. The number of aryl methyl sites for hydroxylation is 2. The summed E-state index contributed by atoms with van der Waals surface area (Å²) in [6, 6.07) is 16.5. The monoisotopic (exact) mass is 338 g/mol. The number of piperazine rings is 1. The molecule has 1 aliphatic heterocycles. The summed E-state index contributed by atoms with van der Waals surface area (Å²) < 4.78 is 5.79. The molecule has 0 saturated carbocycles. The van der Waals surface area contributed by atoms with Crippen LogP contribution in [0.4, 0.5) is 5.69 Å². The number of carbonyl (C=O) groups is 1. The Morgan fingerprint density at radius 2 is 1.72 bits per heavy atom. The van der Waals surface area contributed by atoms with Crippen LogP contribution in [-0.4, -0.2) is 43.6 Å². The fraction of sp³-hybridized carbons (Fsp3) is 0.381. The van der Waals surface area contributed by atoms with Gasteiger partial charge in [-0.2, -0.15) is 0 Å². The molecule has 0 aliphatic carbocycles. The number of carbonyl (C=O) groups excluding carboxylic acids is 1. The molecule has 4 nitrogen and oxygen atoms in total. The van der Waals surface area contributed by atoms with Crippen LogP contribution in [0.15, 0.2) is 48.5 Å². The van der Waals surface area contributed by atoms with Crippen molar-refractivity contribution in [3.8, 4) is 5.75 Å². The highest BCUT2D eigenvalue weighted by Gasteiger charge is 2.21. The lowest BCUT2D eigenvalue weighted by atomic mass is 10.1. The van der Waals surface area contributed by atoms with Crippen LogP contribution in [-0.2, 0) is 4.79 Å². The van der Waals surface area contributed by atoms with Crippen LogP contribution < -0.4 is 9.64 Å². The molecule has 0 spiro atoms. The third kappa shape index (κ3) is 4.53. The summed E-state index contributed by atoms with van der Waals surface area (Å²) in [5, 5.41) is 0. The normalized spacial score (nSPS) is 14.5. The Morgan fingerprint density at radius 1 is 1.00 bits per heavy atom. The maximum atomic E-state index is 12.4. The summed E-state index contributed by atoms with van der Waals surface area (Å²) in [6.45, 7) is 7.85. The topological polar surface area (TPSA) is 32.8 Å². The van der Waals surface area contributed by atoms with Crippen LogP contribution in [0.5, 0.6) is 5.75 Å². The average molecular weight is 338 g/mol. The molecule has 25 heavy (non-hydrogen) atoms. The smallest absolute Gasteiger partial charge is 0.226 e. The Bertz CT molecular complexity index is 707. The molecule has 132 valence electrons. The number of anilines is 1. The van der Waals surface area contributed by atoms with E-state index in [-0.39, 0.29) is 5.91 Å². The maximum absolute atomic E-state index is 12.4. The second-order valence-electron chi connectivity index (χ2n) is 6.57. The Balaban J connectivity index is 1.43. The van der Waals surface area contributed by atoms with E-state index in [1.54, 1.807) is 0 Å². The van der Waals surface area contributed by atoms with Crippen LogP contribution in [0.1, 0.15) is 17.5 Å². The Labute approximate surface area is 150 Å². The van der Waals surface area contributed by atoms with E-state index in [0.717, 1.165) is 37.5 Å². The van der Waals surface area contributed by atoms with Gasteiger partial charge in [-0.1, -0.05) is 35.9 Å². The first-order valence-electron chi connectivity index (χ1n) is 8.91. The van der Waals surface area contributed by atoms with Gasteiger partial charge in [0.25, 0.3) is 0 Å². The molecule has 1 amide bonds. The Hall–Kier alpha value is -2.49. The van der Waals surface area contributed by atoms with E-state index in [1.807, 2.05) is 30.0 Å². The lowest BCUT2D eigenvalue weighted by molar-refractivity contribution is -0.132. The number of ether oxygens (including phenoxy) is 1. The average Bonchev–Trinajstić information content (AvgIpc) is 2.64. The zero-order valence-corrected chi connectivity index (χ0v) is 15.1. The molecule has 1 aliphatic rings. The van der Waals surface area contributed by atoms with Crippen molar-refractivity contribution in [2.45, 2.75) is 20.3 Å². The van der Waals surface area contributed by atoms with Crippen molar-refractivity contribution < 1.29 is 9.53 Å². The fourth-order valence-electron chi connectivity index (χ4n) is 3.22. The first-order valence-corrected chi connectivity index (χ1v) is 8.91. The molecule has 0 bridgehead atoms.